The van der Waals surface area contributed by atoms with Gasteiger partial charge in [-0.15, -0.1) is 11.3 Å². The lowest BCUT2D eigenvalue weighted by atomic mass is 9.80. The topological polar surface area (TPSA) is 63.7 Å². The second-order valence-corrected chi connectivity index (χ2v) is 8.47. The first-order valence-corrected chi connectivity index (χ1v) is 9.82. The van der Waals surface area contributed by atoms with Crippen molar-refractivity contribution in [2.24, 2.45) is 0 Å². The molecule has 2 aliphatic heterocycles. The van der Waals surface area contributed by atoms with Crippen LogP contribution in [-0.4, -0.2) is 11.5 Å². The average molecular weight is 372 g/mol. The van der Waals surface area contributed by atoms with Gasteiger partial charge in [0.25, 0.3) is 0 Å². The van der Waals surface area contributed by atoms with E-state index in [0.717, 1.165) is 30.8 Å². The maximum atomic E-state index is 10.2. The zero-order valence-electron chi connectivity index (χ0n) is 13.6. The van der Waals surface area contributed by atoms with E-state index in [2.05, 4.69) is 29.2 Å². The van der Waals surface area contributed by atoms with Gasteiger partial charge in [0.2, 0.25) is 0 Å². The summed E-state index contributed by atoms with van der Waals surface area (Å²) < 4.78 is 1.07. The maximum Gasteiger partial charge on any atom is 0.131 e. The highest BCUT2D eigenvalue weighted by atomic mass is 32.2. The third-order valence-electron chi connectivity index (χ3n) is 4.82. The van der Waals surface area contributed by atoms with Gasteiger partial charge in [-0.25, -0.2) is 4.98 Å². The SMILES string of the molecule is N#CC1=C2Sc3ccccc3N2C[C@@](C#N)(c2nc3ccccc3s2)C1. The van der Waals surface area contributed by atoms with E-state index < -0.39 is 5.41 Å². The van der Waals surface area contributed by atoms with Crippen LogP contribution in [-0.2, 0) is 5.41 Å². The Morgan fingerprint density at radius 2 is 1.88 bits per heavy atom. The smallest absolute Gasteiger partial charge is 0.131 e. The number of benzene rings is 2. The van der Waals surface area contributed by atoms with Crippen molar-refractivity contribution in [3.63, 3.8) is 0 Å². The van der Waals surface area contributed by atoms with Crippen LogP contribution in [0.4, 0.5) is 5.69 Å². The van der Waals surface area contributed by atoms with E-state index in [0.29, 0.717) is 18.5 Å². The number of thioether (sulfide) groups is 1. The maximum absolute atomic E-state index is 10.2. The molecule has 3 heterocycles. The normalized spacial score (nSPS) is 21.2. The Balaban J connectivity index is 1.68. The van der Waals surface area contributed by atoms with Crippen LogP contribution in [0.1, 0.15) is 11.4 Å². The van der Waals surface area contributed by atoms with Crippen LogP contribution >= 0.6 is 23.1 Å². The van der Waals surface area contributed by atoms with Gasteiger partial charge in [0.1, 0.15) is 10.4 Å². The number of hydrogen-bond acceptors (Lipinski definition) is 6. The molecule has 2 aliphatic rings. The minimum Gasteiger partial charge on any atom is -0.332 e. The third-order valence-corrected chi connectivity index (χ3v) is 7.29. The molecule has 1 aromatic heterocycles. The molecule has 124 valence electrons. The second-order valence-electron chi connectivity index (χ2n) is 6.41. The van der Waals surface area contributed by atoms with E-state index in [1.165, 1.54) is 0 Å². The van der Waals surface area contributed by atoms with Crippen molar-refractivity contribution in [1.82, 2.24) is 4.98 Å². The molecular weight excluding hydrogens is 360 g/mol. The summed E-state index contributed by atoms with van der Waals surface area (Å²) in [6.07, 6.45) is 0.409. The molecule has 0 saturated carbocycles. The number of hydrogen-bond donors (Lipinski definition) is 0. The Morgan fingerprint density at radius 1 is 1.08 bits per heavy atom. The molecule has 2 aromatic carbocycles. The molecule has 6 heteroatoms. The highest BCUT2D eigenvalue weighted by Gasteiger charge is 2.46. The molecule has 0 aliphatic carbocycles. The number of aromatic nitrogens is 1. The first kappa shape index (κ1) is 15.5. The van der Waals surface area contributed by atoms with Gasteiger partial charge in [-0.3, -0.25) is 0 Å². The number of para-hydroxylation sites is 2. The summed E-state index contributed by atoms with van der Waals surface area (Å²) in [5, 5.41) is 21.7. The van der Waals surface area contributed by atoms with Crippen molar-refractivity contribution < 1.29 is 0 Å². The molecule has 5 rings (SSSR count). The summed E-state index contributed by atoms with van der Waals surface area (Å²) in [6.45, 7) is 0.522. The molecule has 0 fully saturated rings. The van der Waals surface area contributed by atoms with E-state index in [1.54, 1.807) is 23.1 Å². The molecule has 0 bridgehead atoms. The minimum absolute atomic E-state index is 0.409. The fraction of sp³-hybridized carbons (Fsp3) is 0.150. The van der Waals surface area contributed by atoms with Crippen molar-refractivity contribution >= 4 is 39.0 Å². The molecule has 0 unspecified atom stereocenters. The molecule has 0 spiro atoms. The van der Waals surface area contributed by atoms with E-state index >= 15 is 0 Å². The van der Waals surface area contributed by atoms with Crippen molar-refractivity contribution in [3.05, 3.63) is 64.1 Å². The molecule has 3 aromatic rings. The van der Waals surface area contributed by atoms with Gasteiger partial charge in [0.15, 0.2) is 0 Å². The summed E-state index contributed by atoms with van der Waals surface area (Å²) in [4.78, 5) is 8.00. The lowest BCUT2D eigenvalue weighted by Gasteiger charge is -2.36. The molecule has 0 N–H and O–H groups in total. The largest absolute Gasteiger partial charge is 0.332 e. The number of nitrogens with zero attached hydrogens (tertiary/aromatic N) is 4. The number of rotatable bonds is 1. The highest BCUT2D eigenvalue weighted by Crippen LogP contribution is 2.53. The number of allylic oxidation sites excluding steroid dienone is 1. The first-order valence-electron chi connectivity index (χ1n) is 8.19. The summed E-state index contributed by atoms with van der Waals surface area (Å²) in [5.74, 6) is 0. The van der Waals surface area contributed by atoms with Crippen LogP contribution < -0.4 is 4.90 Å². The van der Waals surface area contributed by atoms with E-state index in [-0.39, 0.29) is 0 Å². The van der Waals surface area contributed by atoms with Crippen LogP contribution in [0.15, 0.2) is 64.0 Å². The van der Waals surface area contributed by atoms with Gasteiger partial charge in [0, 0.05) is 17.9 Å². The number of anilines is 1. The predicted octanol–water partition coefficient (Wildman–Crippen LogP) is 4.81. The van der Waals surface area contributed by atoms with Crippen molar-refractivity contribution in [3.8, 4) is 12.1 Å². The van der Waals surface area contributed by atoms with Gasteiger partial charge in [-0.2, -0.15) is 10.5 Å². The summed E-state index contributed by atoms with van der Waals surface area (Å²) in [7, 11) is 0. The van der Waals surface area contributed by atoms with Gasteiger partial charge in [-0.1, -0.05) is 36.0 Å². The average Bonchev–Trinajstić information content (AvgIpc) is 3.29. The van der Waals surface area contributed by atoms with Crippen LogP contribution in [0.25, 0.3) is 10.2 Å². The van der Waals surface area contributed by atoms with E-state index in [1.807, 2.05) is 36.4 Å². The van der Waals surface area contributed by atoms with Gasteiger partial charge >= 0.3 is 0 Å². The lowest BCUT2D eigenvalue weighted by Crippen LogP contribution is -2.42. The molecule has 4 nitrogen and oxygen atoms in total. The Hall–Kier alpha value is -2.80. The predicted molar refractivity (Wildman–Crippen MR) is 104 cm³/mol. The monoisotopic (exact) mass is 372 g/mol. The van der Waals surface area contributed by atoms with Gasteiger partial charge in [0.05, 0.1) is 38.6 Å². The molecule has 0 saturated heterocycles. The van der Waals surface area contributed by atoms with Gasteiger partial charge in [-0.05, 0) is 24.3 Å². The summed E-state index contributed by atoms with van der Waals surface area (Å²) in [6, 6.07) is 20.9. The Morgan fingerprint density at radius 3 is 2.69 bits per heavy atom. The third kappa shape index (κ3) is 2.10. The summed E-state index contributed by atoms with van der Waals surface area (Å²) >= 11 is 3.18. The molecule has 0 amide bonds. The zero-order chi connectivity index (χ0) is 17.7. The fourth-order valence-electron chi connectivity index (χ4n) is 3.55. The van der Waals surface area contributed by atoms with Crippen molar-refractivity contribution in [2.75, 3.05) is 11.4 Å². The Bertz CT molecular complexity index is 1130. The van der Waals surface area contributed by atoms with E-state index in [4.69, 9.17) is 4.98 Å². The lowest BCUT2D eigenvalue weighted by molar-refractivity contribution is 0.527. The van der Waals surface area contributed by atoms with Crippen LogP contribution in [0.3, 0.4) is 0 Å². The van der Waals surface area contributed by atoms with Crippen molar-refractivity contribution in [1.29, 1.82) is 10.5 Å². The van der Waals surface area contributed by atoms with Crippen LogP contribution in [0, 0.1) is 22.7 Å². The molecular formula is C20H12N4S2. The van der Waals surface area contributed by atoms with Gasteiger partial charge < -0.3 is 4.90 Å². The number of nitriles is 2. The highest BCUT2D eigenvalue weighted by molar-refractivity contribution is 8.03. The molecule has 0 radical (unpaired) electrons. The fourth-order valence-corrected chi connectivity index (χ4v) is 5.80. The van der Waals surface area contributed by atoms with Crippen LogP contribution in [0.5, 0.6) is 0 Å². The minimum atomic E-state index is -0.809. The Kier molecular flexibility index (Phi) is 3.33. The zero-order valence-corrected chi connectivity index (χ0v) is 15.3. The van der Waals surface area contributed by atoms with Crippen molar-refractivity contribution in [2.45, 2.75) is 16.7 Å². The number of fused-ring (bicyclic) bond motifs is 4. The summed E-state index contributed by atoms with van der Waals surface area (Å²) in [5.41, 5.74) is 1.83. The first-order chi connectivity index (χ1) is 12.7. The molecule has 1 atom stereocenters. The number of thiazole rings is 1. The quantitative estimate of drug-likeness (QED) is 0.613. The van der Waals surface area contributed by atoms with Crippen LogP contribution in [0.2, 0.25) is 0 Å². The van der Waals surface area contributed by atoms with E-state index in [9.17, 15) is 10.5 Å². The second kappa shape index (κ2) is 5.60. The molecule has 26 heavy (non-hydrogen) atoms. The standard InChI is InChI=1S/C20H12N4S2/c21-10-13-9-20(11-22,19-23-14-5-1-3-7-16(14)26-19)12-24-15-6-2-4-8-17(15)25-18(13)24/h1-8H,9,12H2/t20-/m1/s1. The Labute approximate surface area is 159 Å².